The van der Waals surface area contributed by atoms with Crippen LogP contribution in [0.1, 0.15) is 0 Å². The molecule has 2 aromatic rings. The summed E-state index contributed by atoms with van der Waals surface area (Å²) in [5.41, 5.74) is 1.09. The lowest BCUT2D eigenvalue weighted by molar-refractivity contribution is -0.128. The van der Waals surface area contributed by atoms with E-state index in [4.69, 9.17) is 0 Å². The van der Waals surface area contributed by atoms with Crippen LogP contribution in [-0.2, 0) is 19.4 Å². The Kier molecular flexibility index (Phi) is 6.66. The van der Waals surface area contributed by atoms with Crippen molar-refractivity contribution in [2.45, 2.75) is 0 Å². The van der Waals surface area contributed by atoms with Gasteiger partial charge < -0.3 is 15.1 Å². The molecule has 10 heteroatoms. The number of nitrogens with one attached hydrogen (secondary N) is 1. The summed E-state index contributed by atoms with van der Waals surface area (Å²) in [6.45, 7) is 1.63. The monoisotopic (exact) mass is 437 g/mol. The van der Waals surface area contributed by atoms with Crippen molar-refractivity contribution in [2.24, 2.45) is 0 Å². The Hall–Kier alpha value is -3.01. The standard InChI is InChI=1S/C20H21F2N3O4S/c21-15-1-5-17(6-2-15)23-19(26)13-30(28,29)14-20(27)25-11-9-24(10-12-25)18-7-3-16(22)4-8-18/h1-8H,9-14H2,(H,23,26). The van der Waals surface area contributed by atoms with Crippen LogP contribution >= 0.6 is 0 Å². The van der Waals surface area contributed by atoms with Crippen molar-refractivity contribution in [1.29, 1.82) is 0 Å². The number of carbonyl (C=O) groups excluding carboxylic acids is 2. The highest BCUT2D eigenvalue weighted by atomic mass is 32.2. The van der Waals surface area contributed by atoms with Crippen molar-refractivity contribution >= 4 is 33.0 Å². The van der Waals surface area contributed by atoms with Crippen LogP contribution in [0, 0.1) is 11.6 Å². The van der Waals surface area contributed by atoms with Crippen LogP contribution in [0.2, 0.25) is 0 Å². The van der Waals surface area contributed by atoms with Gasteiger partial charge in [-0.05, 0) is 48.5 Å². The van der Waals surface area contributed by atoms with E-state index in [9.17, 15) is 26.8 Å². The van der Waals surface area contributed by atoms with Gasteiger partial charge in [-0.15, -0.1) is 0 Å². The lowest BCUT2D eigenvalue weighted by Gasteiger charge is -2.36. The summed E-state index contributed by atoms with van der Waals surface area (Å²) in [5, 5.41) is 2.36. The molecular weight excluding hydrogens is 416 g/mol. The predicted molar refractivity (Wildman–Crippen MR) is 109 cm³/mol. The fourth-order valence-electron chi connectivity index (χ4n) is 3.13. The van der Waals surface area contributed by atoms with Crippen LogP contribution in [0.3, 0.4) is 0 Å². The van der Waals surface area contributed by atoms with Gasteiger partial charge in [0.2, 0.25) is 11.8 Å². The van der Waals surface area contributed by atoms with Crippen molar-refractivity contribution in [1.82, 2.24) is 4.90 Å². The number of rotatable bonds is 6. The zero-order valence-electron chi connectivity index (χ0n) is 16.1. The second kappa shape index (κ2) is 9.21. The van der Waals surface area contributed by atoms with E-state index in [-0.39, 0.29) is 11.5 Å². The lowest BCUT2D eigenvalue weighted by atomic mass is 10.2. The molecule has 0 unspecified atom stereocenters. The molecule has 2 aromatic carbocycles. The number of anilines is 2. The zero-order chi connectivity index (χ0) is 21.7. The Balaban J connectivity index is 1.49. The van der Waals surface area contributed by atoms with Crippen molar-refractivity contribution in [3.05, 3.63) is 60.2 Å². The average molecular weight is 437 g/mol. The molecule has 160 valence electrons. The third-order valence-corrected chi connectivity index (χ3v) is 6.04. The molecule has 30 heavy (non-hydrogen) atoms. The number of halogens is 2. The maximum absolute atomic E-state index is 13.0. The molecule has 1 aliphatic rings. The number of hydrogen-bond donors (Lipinski definition) is 1. The van der Waals surface area contributed by atoms with Crippen molar-refractivity contribution in [3.8, 4) is 0 Å². The number of benzene rings is 2. The van der Waals surface area contributed by atoms with E-state index in [0.717, 1.165) is 17.8 Å². The van der Waals surface area contributed by atoms with E-state index in [1.165, 1.54) is 29.2 Å². The van der Waals surface area contributed by atoms with Gasteiger partial charge in [0.25, 0.3) is 0 Å². The SMILES string of the molecule is O=C(CS(=O)(=O)CC(=O)N1CCN(c2ccc(F)cc2)CC1)Nc1ccc(F)cc1. The molecule has 0 aromatic heterocycles. The summed E-state index contributed by atoms with van der Waals surface area (Å²) in [6.07, 6.45) is 0. The summed E-state index contributed by atoms with van der Waals surface area (Å²) >= 11 is 0. The molecule has 1 aliphatic heterocycles. The van der Waals surface area contributed by atoms with E-state index < -0.39 is 39.0 Å². The molecule has 1 saturated heterocycles. The predicted octanol–water partition coefficient (Wildman–Crippen LogP) is 1.67. The first-order valence-electron chi connectivity index (χ1n) is 9.26. The lowest BCUT2D eigenvalue weighted by Crippen LogP contribution is -2.50. The summed E-state index contributed by atoms with van der Waals surface area (Å²) < 4.78 is 50.4. The molecule has 7 nitrogen and oxygen atoms in total. The van der Waals surface area contributed by atoms with E-state index in [2.05, 4.69) is 5.32 Å². The van der Waals surface area contributed by atoms with E-state index in [1.54, 1.807) is 12.1 Å². The largest absolute Gasteiger partial charge is 0.368 e. The normalized spacial score (nSPS) is 14.5. The third-order valence-electron chi connectivity index (χ3n) is 4.65. The summed E-state index contributed by atoms with van der Waals surface area (Å²) in [6, 6.07) is 10.9. The van der Waals surface area contributed by atoms with Crippen LogP contribution in [0.5, 0.6) is 0 Å². The number of piperazine rings is 1. The molecule has 2 amide bonds. The van der Waals surface area contributed by atoms with Crippen LogP contribution in [-0.4, -0.2) is 62.8 Å². The maximum atomic E-state index is 13.0. The minimum Gasteiger partial charge on any atom is -0.368 e. The molecular formula is C20H21F2N3O4S. The molecule has 0 radical (unpaired) electrons. The Bertz CT molecular complexity index is 1000. The zero-order valence-corrected chi connectivity index (χ0v) is 16.9. The number of nitrogens with zero attached hydrogens (tertiary/aromatic N) is 2. The molecule has 3 rings (SSSR count). The Labute approximate surface area is 173 Å². The Morgan fingerprint density at radius 1 is 0.833 bits per heavy atom. The molecule has 0 atom stereocenters. The summed E-state index contributed by atoms with van der Waals surface area (Å²) in [5.74, 6) is -3.78. The second-order valence-corrected chi connectivity index (χ2v) is 9.00. The van der Waals surface area contributed by atoms with Gasteiger partial charge in [-0.25, -0.2) is 17.2 Å². The molecule has 1 fully saturated rings. The fourth-order valence-corrected chi connectivity index (χ4v) is 4.26. The first-order valence-corrected chi connectivity index (χ1v) is 11.1. The van der Waals surface area contributed by atoms with Gasteiger partial charge in [0.1, 0.15) is 23.1 Å². The van der Waals surface area contributed by atoms with Crippen molar-refractivity contribution in [3.63, 3.8) is 0 Å². The topological polar surface area (TPSA) is 86.8 Å². The molecule has 0 aliphatic carbocycles. The summed E-state index contributed by atoms with van der Waals surface area (Å²) in [7, 11) is -3.96. The third kappa shape index (κ3) is 5.99. The van der Waals surface area contributed by atoms with Crippen LogP contribution < -0.4 is 10.2 Å². The van der Waals surface area contributed by atoms with Crippen LogP contribution in [0.4, 0.5) is 20.2 Å². The number of hydrogen-bond acceptors (Lipinski definition) is 5. The quantitative estimate of drug-likeness (QED) is 0.743. The highest BCUT2D eigenvalue weighted by Crippen LogP contribution is 2.17. The van der Waals surface area contributed by atoms with Gasteiger partial charge in [0, 0.05) is 37.6 Å². The molecule has 1 N–H and O–H groups in total. The number of sulfone groups is 1. The smallest absolute Gasteiger partial charge is 0.239 e. The van der Waals surface area contributed by atoms with Gasteiger partial charge in [-0.2, -0.15) is 0 Å². The Morgan fingerprint density at radius 3 is 1.93 bits per heavy atom. The van der Waals surface area contributed by atoms with Crippen LogP contribution in [0.15, 0.2) is 48.5 Å². The highest BCUT2D eigenvalue weighted by molar-refractivity contribution is 7.92. The molecule has 0 spiro atoms. The summed E-state index contributed by atoms with van der Waals surface area (Å²) in [4.78, 5) is 27.8. The minimum absolute atomic E-state index is 0.264. The molecule has 0 bridgehead atoms. The van der Waals surface area contributed by atoms with Crippen LogP contribution in [0.25, 0.3) is 0 Å². The van der Waals surface area contributed by atoms with Crippen molar-refractivity contribution < 1.29 is 26.8 Å². The van der Waals surface area contributed by atoms with E-state index in [1.807, 2.05) is 4.90 Å². The fraction of sp³-hybridized carbons (Fsp3) is 0.300. The molecule has 0 saturated carbocycles. The first kappa shape index (κ1) is 21.7. The minimum atomic E-state index is -3.96. The van der Waals surface area contributed by atoms with E-state index in [0.29, 0.717) is 26.2 Å². The van der Waals surface area contributed by atoms with Gasteiger partial charge >= 0.3 is 0 Å². The van der Waals surface area contributed by atoms with Crippen molar-refractivity contribution in [2.75, 3.05) is 47.9 Å². The van der Waals surface area contributed by atoms with Gasteiger partial charge in [0.05, 0.1) is 0 Å². The van der Waals surface area contributed by atoms with Gasteiger partial charge in [-0.3, -0.25) is 9.59 Å². The van der Waals surface area contributed by atoms with Gasteiger partial charge in [-0.1, -0.05) is 0 Å². The number of amides is 2. The second-order valence-electron chi connectivity index (χ2n) is 6.93. The maximum Gasteiger partial charge on any atom is 0.239 e. The van der Waals surface area contributed by atoms with E-state index >= 15 is 0 Å². The highest BCUT2D eigenvalue weighted by Gasteiger charge is 2.27. The Morgan fingerprint density at radius 2 is 1.37 bits per heavy atom. The first-order chi connectivity index (χ1) is 14.2. The molecule has 1 heterocycles. The van der Waals surface area contributed by atoms with Gasteiger partial charge in [0.15, 0.2) is 9.84 Å². The number of carbonyl (C=O) groups is 2. The average Bonchev–Trinajstić information content (AvgIpc) is 2.69.